The molecule has 0 fully saturated rings. The first-order valence-electron chi connectivity index (χ1n) is 9.08. The van der Waals surface area contributed by atoms with Crippen LogP contribution in [0.15, 0.2) is 70.5 Å². The second-order valence-electron chi connectivity index (χ2n) is 6.51. The van der Waals surface area contributed by atoms with E-state index in [1.807, 2.05) is 54.6 Å². The van der Waals surface area contributed by atoms with Crippen LogP contribution in [0.3, 0.4) is 0 Å². The summed E-state index contributed by atoms with van der Waals surface area (Å²) in [4.78, 5) is 14.0. The van der Waals surface area contributed by atoms with Crippen LogP contribution < -0.4 is 14.8 Å². The SMILES string of the molecule is COc1cc(/C=C2\Sc3ccccc3NC2=O)ccc1OCc1ccc(Cl)c(Cl)c1. The Morgan fingerprint density at radius 1 is 1.00 bits per heavy atom. The van der Waals surface area contributed by atoms with Crippen molar-refractivity contribution in [2.75, 3.05) is 12.4 Å². The van der Waals surface area contributed by atoms with E-state index in [0.29, 0.717) is 33.1 Å². The number of halogens is 2. The maximum atomic E-state index is 12.4. The molecule has 0 bridgehead atoms. The second kappa shape index (κ2) is 9.04. The number of para-hydroxylation sites is 1. The van der Waals surface area contributed by atoms with Crippen molar-refractivity contribution in [2.24, 2.45) is 0 Å². The summed E-state index contributed by atoms with van der Waals surface area (Å²) in [5, 5.41) is 3.90. The van der Waals surface area contributed by atoms with Crippen LogP contribution >= 0.6 is 35.0 Å². The Balaban J connectivity index is 1.53. The molecule has 0 aromatic heterocycles. The summed E-state index contributed by atoms with van der Waals surface area (Å²) in [7, 11) is 1.58. The minimum absolute atomic E-state index is 0.127. The molecule has 1 N–H and O–H groups in total. The van der Waals surface area contributed by atoms with Crippen molar-refractivity contribution in [3.05, 3.63) is 86.7 Å². The Morgan fingerprint density at radius 2 is 1.83 bits per heavy atom. The van der Waals surface area contributed by atoms with E-state index in [1.165, 1.54) is 11.8 Å². The predicted octanol–water partition coefficient (Wildman–Crippen LogP) is 6.67. The molecule has 0 atom stereocenters. The lowest BCUT2D eigenvalue weighted by molar-refractivity contribution is -0.112. The van der Waals surface area contributed by atoms with Crippen LogP contribution in [-0.2, 0) is 11.4 Å². The molecule has 0 unspecified atom stereocenters. The standard InChI is InChI=1S/C23H17Cl2NO3S/c1-28-20-11-14(12-22-23(27)26-18-4-2-3-5-21(18)30-22)7-9-19(20)29-13-15-6-8-16(24)17(25)10-15/h2-12H,13H2,1H3,(H,26,27)/b22-12-. The number of carbonyl (C=O) groups excluding carboxylic acids is 1. The third kappa shape index (κ3) is 4.59. The second-order valence-corrected chi connectivity index (χ2v) is 8.41. The van der Waals surface area contributed by atoms with Gasteiger partial charge in [0.1, 0.15) is 6.61 Å². The molecule has 3 aromatic carbocycles. The van der Waals surface area contributed by atoms with E-state index in [-0.39, 0.29) is 5.91 Å². The molecule has 1 aliphatic rings. The molecule has 0 saturated carbocycles. The predicted molar refractivity (Wildman–Crippen MR) is 123 cm³/mol. The van der Waals surface area contributed by atoms with Crippen LogP contribution in [0.1, 0.15) is 11.1 Å². The van der Waals surface area contributed by atoms with Gasteiger partial charge in [-0.3, -0.25) is 4.79 Å². The Labute approximate surface area is 188 Å². The van der Waals surface area contributed by atoms with Gasteiger partial charge in [-0.05, 0) is 53.6 Å². The topological polar surface area (TPSA) is 47.6 Å². The van der Waals surface area contributed by atoms with Gasteiger partial charge in [0.2, 0.25) is 0 Å². The molecule has 1 heterocycles. The monoisotopic (exact) mass is 457 g/mol. The minimum Gasteiger partial charge on any atom is -0.493 e. The van der Waals surface area contributed by atoms with Gasteiger partial charge in [0.15, 0.2) is 11.5 Å². The van der Waals surface area contributed by atoms with E-state index in [9.17, 15) is 4.79 Å². The summed E-state index contributed by atoms with van der Waals surface area (Å²) in [6.45, 7) is 0.322. The van der Waals surface area contributed by atoms with Crippen molar-refractivity contribution < 1.29 is 14.3 Å². The van der Waals surface area contributed by atoms with Crippen molar-refractivity contribution in [3.63, 3.8) is 0 Å². The normalized spacial score (nSPS) is 14.2. The lowest BCUT2D eigenvalue weighted by Crippen LogP contribution is -2.17. The first-order chi connectivity index (χ1) is 14.5. The van der Waals surface area contributed by atoms with Crippen LogP contribution in [-0.4, -0.2) is 13.0 Å². The number of benzene rings is 3. The Hall–Kier alpha value is -2.60. The Kier molecular flexibility index (Phi) is 6.23. The molecule has 4 rings (SSSR count). The summed E-state index contributed by atoms with van der Waals surface area (Å²) in [5.41, 5.74) is 2.56. The third-order valence-electron chi connectivity index (χ3n) is 4.44. The fourth-order valence-corrected chi connectivity index (χ4v) is 4.21. The number of ether oxygens (including phenoxy) is 2. The summed E-state index contributed by atoms with van der Waals surface area (Å²) in [6.07, 6.45) is 1.83. The number of methoxy groups -OCH3 is 1. The average molecular weight is 458 g/mol. The molecule has 0 saturated heterocycles. The molecule has 1 aliphatic heterocycles. The van der Waals surface area contributed by atoms with Gasteiger partial charge in [-0.25, -0.2) is 0 Å². The van der Waals surface area contributed by atoms with E-state index in [1.54, 1.807) is 19.2 Å². The van der Waals surface area contributed by atoms with Gasteiger partial charge in [-0.2, -0.15) is 0 Å². The summed E-state index contributed by atoms with van der Waals surface area (Å²) >= 11 is 13.5. The lowest BCUT2D eigenvalue weighted by Gasteiger charge is -2.18. The summed E-state index contributed by atoms with van der Waals surface area (Å²) in [6, 6.07) is 18.6. The van der Waals surface area contributed by atoms with Gasteiger partial charge in [0.05, 0.1) is 27.7 Å². The van der Waals surface area contributed by atoms with Crippen molar-refractivity contribution in [1.82, 2.24) is 0 Å². The summed E-state index contributed by atoms with van der Waals surface area (Å²) < 4.78 is 11.4. The number of rotatable bonds is 5. The molecule has 3 aromatic rings. The molecule has 30 heavy (non-hydrogen) atoms. The van der Waals surface area contributed by atoms with Crippen LogP contribution in [0.4, 0.5) is 5.69 Å². The molecule has 7 heteroatoms. The largest absolute Gasteiger partial charge is 0.493 e. The smallest absolute Gasteiger partial charge is 0.262 e. The highest BCUT2D eigenvalue weighted by Crippen LogP contribution is 2.39. The first-order valence-corrected chi connectivity index (χ1v) is 10.7. The van der Waals surface area contributed by atoms with Crippen molar-refractivity contribution in [1.29, 1.82) is 0 Å². The van der Waals surface area contributed by atoms with Gasteiger partial charge < -0.3 is 14.8 Å². The average Bonchev–Trinajstić information content (AvgIpc) is 2.75. The molecule has 152 valence electrons. The van der Waals surface area contributed by atoms with Crippen LogP contribution in [0.5, 0.6) is 11.5 Å². The van der Waals surface area contributed by atoms with Crippen LogP contribution in [0.2, 0.25) is 10.0 Å². The number of hydrogen-bond acceptors (Lipinski definition) is 4. The highest BCUT2D eigenvalue weighted by atomic mass is 35.5. The first kappa shape index (κ1) is 20.7. The number of thioether (sulfide) groups is 1. The molecule has 0 spiro atoms. The third-order valence-corrected chi connectivity index (χ3v) is 6.28. The van der Waals surface area contributed by atoms with Gasteiger partial charge in [0.25, 0.3) is 5.91 Å². The number of fused-ring (bicyclic) bond motifs is 1. The zero-order valence-corrected chi connectivity index (χ0v) is 18.3. The van der Waals surface area contributed by atoms with Gasteiger partial charge >= 0.3 is 0 Å². The highest BCUT2D eigenvalue weighted by molar-refractivity contribution is 8.04. The van der Waals surface area contributed by atoms with E-state index >= 15 is 0 Å². The summed E-state index contributed by atoms with van der Waals surface area (Å²) in [5.74, 6) is 1.04. The lowest BCUT2D eigenvalue weighted by atomic mass is 10.1. The molecular weight excluding hydrogens is 441 g/mol. The molecule has 4 nitrogen and oxygen atoms in total. The fraction of sp³-hybridized carbons (Fsp3) is 0.0870. The van der Waals surface area contributed by atoms with Gasteiger partial charge in [0, 0.05) is 4.90 Å². The van der Waals surface area contributed by atoms with Gasteiger partial charge in [-0.1, -0.05) is 59.2 Å². The quantitative estimate of drug-likeness (QED) is 0.434. The number of anilines is 1. The van der Waals surface area contributed by atoms with Crippen molar-refractivity contribution in [3.8, 4) is 11.5 Å². The zero-order valence-electron chi connectivity index (χ0n) is 15.9. The van der Waals surface area contributed by atoms with Gasteiger partial charge in [-0.15, -0.1) is 0 Å². The van der Waals surface area contributed by atoms with E-state index in [2.05, 4.69) is 5.32 Å². The minimum atomic E-state index is -0.127. The Morgan fingerprint density at radius 3 is 2.63 bits per heavy atom. The maximum Gasteiger partial charge on any atom is 0.262 e. The van der Waals surface area contributed by atoms with Crippen molar-refractivity contribution in [2.45, 2.75) is 11.5 Å². The van der Waals surface area contributed by atoms with Crippen molar-refractivity contribution >= 4 is 52.6 Å². The van der Waals surface area contributed by atoms with Crippen LogP contribution in [0.25, 0.3) is 6.08 Å². The van der Waals surface area contributed by atoms with E-state index < -0.39 is 0 Å². The fourth-order valence-electron chi connectivity index (χ4n) is 2.94. The highest BCUT2D eigenvalue weighted by Gasteiger charge is 2.20. The zero-order chi connectivity index (χ0) is 21.1. The number of hydrogen-bond donors (Lipinski definition) is 1. The molecule has 0 radical (unpaired) electrons. The van der Waals surface area contributed by atoms with Crippen LogP contribution in [0, 0.1) is 0 Å². The number of amides is 1. The maximum absolute atomic E-state index is 12.4. The number of nitrogens with one attached hydrogen (secondary N) is 1. The molecule has 0 aliphatic carbocycles. The molecule has 1 amide bonds. The number of carbonyl (C=O) groups is 1. The molecular formula is C23H17Cl2NO3S. The van der Waals surface area contributed by atoms with E-state index in [4.69, 9.17) is 32.7 Å². The van der Waals surface area contributed by atoms with E-state index in [0.717, 1.165) is 21.7 Å². The Bertz CT molecular complexity index is 1150.